The van der Waals surface area contributed by atoms with Gasteiger partial charge in [-0.2, -0.15) is 13.7 Å². The number of anilines is 1. The molecular formula is C12H10N6O2S. The van der Waals surface area contributed by atoms with Gasteiger partial charge >= 0.3 is 0 Å². The second-order valence-electron chi connectivity index (χ2n) is 4.38. The third-order valence-electron chi connectivity index (χ3n) is 2.94. The quantitative estimate of drug-likeness (QED) is 0.747. The van der Waals surface area contributed by atoms with Crippen LogP contribution in [-0.2, 0) is 17.1 Å². The molecule has 0 radical (unpaired) electrons. The first-order valence-corrected chi connectivity index (χ1v) is 7.39. The minimum atomic E-state index is -3.83. The number of rotatable bonds is 3. The van der Waals surface area contributed by atoms with E-state index < -0.39 is 10.0 Å². The maximum absolute atomic E-state index is 12.2. The van der Waals surface area contributed by atoms with E-state index in [0.717, 1.165) is 0 Å². The van der Waals surface area contributed by atoms with Gasteiger partial charge < -0.3 is 4.98 Å². The smallest absolute Gasteiger partial charge is 0.282 e. The van der Waals surface area contributed by atoms with Gasteiger partial charge in [0, 0.05) is 18.6 Å². The van der Waals surface area contributed by atoms with Gasteiger partial charge in [-0.25, -0.2) is 0 Å². The lowest BCUT2D eigenvalue weighted by molar-refractivity contribution is 0.597. The lowest BCUT2D eigenvalue weighted by atomic mass is 10.2. The molecule has 0 saturated carbocycles. The number of nitrogens with zero attached hydrogens (tertiary/aromatic N) is 4. The van der Waals surface area contributed by atoms with Gasteiger partial charge in [0.25, 0.3) is 10.0 Å². The van der Waals surface area contributed by atoms with Crippen LogP contribution in [0.3, 0.4) is 0 Å². The van der Waals surface area contributed by atoms with Crippen LogP contribution in [0.25, 0.3) is 10.9 Å². The number of H-pyrrole nitrogens is 1. The second kappa shape index (κ2) is 4.60. The molecule has 8 nitrogen and oxygen atoms in total. The number of aryl methyl sites for hydroxylation is 1. The highest BCUT2D eigenvalue weighted by Crippen LogP contribution is 2.26. The van der Waals surface area contributed by atoms with E-state index in [2.05, 4.69) is 20.0 Å². The minimum absolute atomic E-state index is 0.172. The third-order valence-corrected chi connectivity index (χ3v) is 4.16. The van der Waals surface area contributed by atoms with E-state index >= 15 is 0 Å². The molecule has 0 atom stereocenters. The van der Waals surface area contributed by atoms with Gasteiger partial charge in [-0.05, 0) is 6.07 Å². The van der Waals surface area contributed by atoms with Crippen molar-refractivity contribution in [2.24, 2.45) is 7.05 Å². The van der Waals surface area contributed by atoms with Crippen LogP contribution in [0, 0.1) is 11.3 Å². The van der Waals surface area contributed by atoms with E-state index in [0.29, 0.717) is 22.2 Å². The number of nitriles is 1. The number of fused-ring (bicyclic) bond motifs is 1. The van der Waals surface area contributed by atoms with Crippen molar-refractivity contribution in [1.82, 2.24) is 20.0 Å². The van der Waals surface area contributed by atoms with E-state index in [1.54, 1.807) is 25.2 Å². The van der Waals surface area contributed by atoms with Crippen molar-refractivity contribution in [2.45, 2.75) is 5.03 Å². The number of aromatic amines is 1. The Balaban J connectivity index is 2.06. The van der Waals surface area contributed by atoms with Gasteiger partial charge in [-0.15, -0.1) is 5.10 Å². The maximum Gasteiger partial charge on any atom is 0.282 e. The molecule has 0 unspecified atom stereocenters. The van der Waals surface area contributed by atoms with Crippen LogP contribution in [0.2, 0.25) is 0 Å². The van der Waals surface area contributed by atoms with Crippen molar-refractivity contribution < 1.29 is 8.42 Å². The number of hydrogen-bond acceptors (Lipinski definition) is 5. The van der Waals surface area contributed by atoms with Crippen LogP contribution in [0.15, 0.2) is 35.6 Å². The Kier molecular flexibility index (Phi) is 2.88. The first-order chi connectivity index (χ1) is 10.0. The monoisotopic (exact) mass is 302 g/mol. The van der Waals surface area contributed by atoms with Crippen LogP contribution in [0.4, 0.5) is 5.69 Å². The van der Waals surface area contributed by atoms with Gasteiger partial charge in [-0.3, -0.25) is 9.40 Å². The Bertz CT molecular complexity index is 963. The highest BCUT2D eigenvalue weighted by atomic mass is 32.2. The summed E-state index contributed by atoms with van der Waals surface area (Å²) in [6, 6.07) is 7.06. The number of sulfonamides is 1. The Morgan fingerprint density at radius 2 is 2.24 bits per heavy atom. The summed E-state index contributed by atoms with van der Waals surface area (Å²) >= 11 is 0. The molecule has 3 rings (SSSR count). The van der Waals surface area contributed by atoms with Crippen molar-refractivity contribution in [3.05, 3.63) is 36.2 Å². The predicted molar refractivity (Wildman–Crippen MR) is 74.8 cm³/mol. The predicted octanol–water partition coefficient (Wildman–Crippen LogP) is 0.969. The van der Waals surface area contributed by atoms with Gasteiger partial charge in [0.05, 0.1) is 23.0 Å². The number of nitrogens with one attached hydrogen (secondary N) is 2. The second-order valence-corrected chi connectivity index (χ2v) is 6.01. The van der Waals surface area contributed by atoms with E-state index in [1.807, 2.05) is 6.07 Å². The third kappa shape index (κ3) is 2.21. The van der Waals surface area contributed by atoms with Crippen LogP contribution in [0.1, 0.15) is 5.56 Å². The van der Waals surface area contributed by atoms with Gasteiger partial charge in [0.1, 0.15) is 6.07 Å². The molecule has 2 N–H and O–H groups in total. The summed E-state index contributed by atoms with van der Waals surface area (Å²) in [5.41, 5.74) is 1.34. The molecular weight excluding hydrogens is 292 g/mol. The average Bonchev–Trinajstić information content (AvgIpc) is 3.05. The molecule has 0 spiro atoms. The molecule has 9 heteroatoms. The summed E-state index contributed by atoms with van der Waals surface area (Å²) in [6.07, 6.45) is 2.84. The first-order valence-electron chi connectivity index (χ1n) is 5.90. The van der Waals surface area contributed by atoms with Crippen LogP contribution in [-0.4, -0.2) is 28.4 Å². The van der Waals surface area contributed by atoms with Crippen molar-refractivity contribution in [3.63, 3.8) is 0 Å². The molecule has 0 bridgehead atoms. The first kappa shape index (κ1) is 13.1. The zero-order chi connectivity index (χ0) is 15.0. The molecule has 0 amide bonds. The van der Waals surface area contributed by atoms with Crippen LogP contribution in [0.5, 0.6) is 0 Å². The molecule has 0 aliphatic carbocycles. The zero-order valence-electron chi connectivity index (χ0n) is 10.9. The number of aromatic nitrogens is 4. The van der Waals surface area contributed by atoms with Crippen LogP contribution < -0.4 is 4.72 Å². The lowest BCUT2D eigenvalue weighted by Gasteiger charge is -2.06. The molecule has 2 heterocycles. The van der Waals surface area contributed by atoms with Crippen molar-refractivity contribution in [2.75, 3.05) is 4.72 Å². The molecule has 0 fully saturated rings. The summed E-state index contributed by atoms with van der Waals surface area (Å²) in [4.78, 5) is 2.90. The molecule has 0 saturated heterocycles. The van der Waals surface area contributed by atoms with Crippen LogP contribution >= 0.6 is 0 Å². The minimum Gasteiger partial charge on any atom is -0.358 e. The number of hydrogen-bond donors (Lipinski definition) is 2. The summed E-state index contributed by atoms with van der Waals surface area (Å²) in [5.74, 6) is 0. The van der Waals surface area contributed by atoms with E-state index in [4.69, 9.17) is 5.26 Å². The molecule has 106 valence electrons. The molecule has 0 aliphatic heterocycles. The topological polar surface area (TPSA) is 116 Å². The zero-order valence-corrected chi connectivity index (χ0v) is 11.7. The standard InChI is InChI=1S/C12H10N6O2S/c1-18-7-11(15-17-18)21(19,20)16-10-4-2-3-9-8(5-13)6-14-12(9)10/h2-4,6-7,14,16H,1H3. The van der Waals surface area contributed by atoms with E-state index in [-0.39, 0.29) is 5.03 Å². The average molecular weight is 302 g/mol. The lowest BCUT2D eigenvalue weighted by Crippen LogP contribution is -2.13. The molecule has 3 aromatic rings. The Labute approximate surface area is 120 Å². The van der Waals surface area contributed by atoms with Gasteiger partial charge in [0.2, 0.25) is 5.03 Å². The fraction of sp³-hybridized carbons (Fsp3) is 0.0833. The Morgan fingerprint density at radius 1 is 1.43 bits per heavy atom. The SMILES string of the molecule is Cn1cc(S(=O)(=O)Nc2cccc3c(C#N)c[nH]c23)nn1. The summed E-state index contributed by atoms with van der Waals surface area (Å²) < 4.78 is 28.2. The number of para-hydroxylation sites is 1. The molecule has 1 aromatic carbocycles. The van der Waals surface area contributed by atoms with E-state index in [9.17, 15) is 8.42 Å². The van der Waals surface area contributed by atoms with Gasteiger partial charge in [0.15, 0.2) is 0 Å². The summed E-state index contributed by atoms with van der Waals surface area (Å²) in [5, 5.41) is 16.7. The van der Waals surface area contributed by atoms with Crippen molar-refractivity contribution >= 4 is 26.6 Å². The Morgan fingerprint density at radius 3 is 2.90 bits per heavy atom. The number of benzene rings is 1. The molecule has 2 aromatic heterocycles. The van der Waals surface area contributed by atoms with Gasteiger partial charge in [-0.1, -0.05) is 17.3 Å². The summed E-state index contributed by atoms with van der Waals surface area (Å²) in [6.45, 7) is 0. The highest BCUT2D eigenvalue weighted by molar-refractivity contribution is 7.92. The fourth-order valence-electron chi connectivity index (χ4n) is 1.98. The van der Waals surface area contributed by atoms with E-state index in [1.165, 1.54) is 17.1 Å². The Hall–Kier alpha value is -2.86. The largest absolute Gasteiger partial charge is 0.358 e. The van der Waals surface area contributed by atoms with Crippen molar-refractivity contribution in [1.29, 1.82) is 5.26 Å². The van der Waals surface area contributed by atoms with Crippen molar-refractivity contribution in [3.8, 4) is 6.07 Å². The normalized spacial score (nSPS) is 11.4. The fourth-order valence-corrected chi connectivity index (χ4v) is 2.98. The molecule has 21 heavy (non-hydrogen) atoms. The molecule has 0 aliphatic rings. The summed E-state index contributed by atoms with van der Waals surface area (Å²) in [7, 11) is -2.25. The highest BCUT2D eigenvalue weighted by Gasteiger charge is 2.20. The maximum atomic E-state index is 12.2.